The summed E-state index contributed by atoms with van der Waals surface area (Å²) in [6.07, 6.45) is 1.75. The average Bonchev–Trinajstić information content (AvgIpc) is 3.33. The topological polar surface area (TPSA) is 117 Å². The molecule has 0 bridgehead atoms. The third kappa shape index (κ3) is 6.96. The molecule has 1 atom stereocenters. The van der Waals surface area contributed by atoms with Gasteiger partial charge in [0.1, 0.15) is 5.75 Å². The number of nitrogens with zero attached hydrogens (tertiary/aromatic N) is 2. The molecular formula is C33H30IN3O7S. The van der Waals surface area contributed by atoms with Crippen LogP contribution in [0.25, 0.3) is 6.08 Å². The molecular weight excluding hydrogens is 709 g/mol. The largest absolute Gasteiger partial charge is 0.497 e. The third-order valence-corrected chi connectivity index (χ3v) is 8.68. The van der Waals surface area contributed by atoms with E-state index in [1.165, 1.54) is 18.4 Å². The molecule has 1 aromatic heterocycles. The van der Waals surface area contributed by atoms with Gasteiger partial charge >= 0.3 is 5.97 Å². The number of esters is 1. The van der Waals surface area contributed by atoms with Gasteiger partial charge in [-0.25, -0.2) is 9.79 Å². The summed E-state index contributed by atoms with van der Waals surface area (Å²) in [5.74, 6) is 0.544. The van der Waals surface area contributed by atoms with Crippen LogP contribution in [0, 0.1) is 3.57 Å². The predicted octanol–water partition coefficient (Wildman–Crippen LogP) is 4.44. The quantitative estimate of drug-likeness (QED) is 0.189. The number of hydrogen-bond donors (Lipinski definition) is 1. The molecule has 1 amide bonds. The number of rotatable bonds is 10. The first-order chi connectivity index (χ1) is 21.7. The summed E-state index contributed by atoms with van der Waals surface area (Å²) >= 11 is 3.32. The standard InChI is InChI=1S/C33H30IN3O7S/c1-5-43-27(38)18-44-30-24(34)14-20(15-25(30)42-4)16-26-32(40)37-29(21-10-9-13-23(17-21)41-3)28(19(2)35-33(37)45-26)31(39)36-22-11-7-6-8-12-22/h6-17,29H,5,18H2,1-4H3,(H,36,39)/b26-16-/t29-/m1/s1. The van der Waals surface area contributed by atoms with Crippen LogP contribution in [-0.4, -0.2) is 43.9 Å². The number of aromatic nitrogens is 1. The minimum atomic E-state index is -0.754. The van der Waals surface area contributed by atoms with Gasteiger partial charge in [-0.05, 0) is 90.0 Å². The highest BCUT2D eigenvalue weighted by atomic mass is 127. The van der Waals surface area contributed by atoms with E-state index in [-0.39, 0.29) is 24.7 Å². The van der Waals surface area contributed by atoms with Gasteiger partial charge in [0.15, 0.2) is 22.9 Å². The Morgan fingerprint density at radius 2 is 1.84 bits per heavy atom. The van der Waals surface area contributed by atoms with Crippen LogP contribution < -0.4 is 34.4 Å². The number of ether oxygens (including phenoxy) is 4. The molecule has 0 saturated heterocycles. The van der Waals surface area contributed by atoms with Gasteiger partial charge in [0, 0.05) is 5.69 Å². The van der Waals surface area contributed by atoms with Gasteiger partial charge in [-0.15, -0.1) is 0 Å². The number of amides is 1. The van der Waals surface area contributed by atoms with E-state index in [0.717, 1.165) is 0 Å². The Labute approximate surface area is 276 Å². The Balaban J connectivity index is 1.60. The molecule has 0 fully saturated rings. The van der Waals surface area contributed by atoms with E-state index in [4.69, 9.17) is 23.9 Å². The maximum atomic E-state index is 14.1. The lowest BCUT2D eigenvalue weighted by Gasteiger charge is -2.25. The molecule has 232 valence electrons. The first kappa shape index (κ1) is 32.0. The highest BCUT2D eigenvalue weighted by Crippen LogP contribution is 2.35. The lowest BCUT2D eigenvalue weighted by atomic mass is 9.95. The van der Waals surface area contributed by atoms with Gasteiger partial charge in [0.2, 0.25) is 0 Å². The molecule has 45 heavy (non-hydrogen) atoms. The number of benzene rings is 3. The number of halogens is 1. The Kier molecular flexibility index (Phi) is 10.0. The Bertz CT molecular complexity index is 1970. The lowest BCUT2D eigenvalue weighted by molar-refractivity contribution is -0.145. The number of fused-ring (bicyclic) bond motifs is 1. The number of allylic oxidation sites excluding steroid dienone is 1. The fraction of sp³-hybridized carbons (Fsp3) is 0.212. The summed E-state index contributed by atoms with van der Waals surface area (Å²) in [7, 11) is 3.07. The van der Waals surface area contributed by atoms with Crippen molar-refractivity contribution in [3.63, 3.8) is 0 Å². The molecule has 12 heteroatoms. The minimum absolute atomic E-state index is 0.254. The Morgan fingerprint density at radius 1 is 1.07 bits per heavy atom. The number of para-hydroxylation sites is 1. The van der Waals surface area contributed by atoms with E-state index in [1.807, 2.05) is 48.5 Å². The molecule has 2 heterocycles. The average molecular weight is 740 g/mol. The van der Waals surface area contributed by atoms with Crippen LogP contribution in [0.1, 0.15) is 31.0 Å². The van der Waals surface area contributed by atoms with Crippen molar-refractivity contribution in [2.24, 2.45) is 4.99 Å². The van der Waals surface area contributed by atoms with Crippen molar-refractivity contribution in [2.75, 3.05) is 32.8 Å². The van der Waals surface area contributed by atoms with Crippen molar-refractivity contribution in [3.05, 3.63) is 112 Å². The molecule has 1 N–H and O–H groups in total. The van der Waals surface area contributed by atoms with Gasteiger partial charge in [-0.1, -0.05) is 41.7 Å². The van der Waals surface area contributed by atoms with Gasteiger partial charge in [-0.2, -0.15) is 0 Å². The predicted molar refractivity (Wildman–Crippen MR) is 180 cm³/mol. The van der Waals surface area contributed by atoms with Gasteiger partial charge in [0.05, 0.1) is 46.2 Å². The van der Waals surface area contributed by atoms with Crippen molar-refractivity contribution in [2.45, 2.75) is 19.9 Å². The van der Waals surface area contributed by atoms with Crippen molar-refractivity contribution < 1.29 is 28.5 Å². The van der Waals surface area contributed by atoms with Crippen molar-refractivity contribution in [3.8, 4) is 17.2 Å². The monoisotopic (exact) mass is 739 g/mol. The van der Waals surface area contributed by atoms with Crippen LogP contribution >= 0.6 is 33.9 Å². The zero-order valence-corrected chi connectivity index (χ0v) is 27.9. The molecule has 0 spiro atoms. The highest BCUT2D eigenvalue weighted by Gasteiger charge is 2.33. The lowest BCUT2D eigenvalue weighted by Crippen LogP contribution is -2.40. The summed E-state index contributed by atoms with van der Waals surface area (Å²) in [5, 5.41) is 2.95. The third-order valence-electron chi connectivity index (χ3n) is 6.90. The van der Waals surface area contributed by atoms with Crippen LogP contribution in [-0.2, 0) is 14.3 Å². The van der Waals surface area contributed by atoms with Crippen LogP contribution in [0.5, 0.6) is 17.2 Å². The van der Waals surface area contributed by atoms with Crippen molar-refractivity contribution in [1.82, 2.24) is 4.57 Å². The fourth-order valence-electron chi connectivity index (χ4n) is 4.91. The fourth-order valence-corrected chi connectivity index (χ4v) is 6.73. The number of nitrogens with one attached hydrogen (secondary N) is 1. The molecule has 0 radical (unpaired) electrons. The number of methoxy groups -OCH3 is 2. The highest BCUT2D eigenvalue weighted by molar-refractivity contribution is 14.1. The second-order valence-corrected chi connectivity index (χ2v) is 12.0. The van der Waals surface area contributed by atoms with E-state index in [0.29, 0.717) is 58.2 Å². The molecule has 10 nitrogen and oxygen atoms in total. The second kappa shape index (κ2) is 14.1. The molecule has 3 aromatic carbocycles. The van der Waals surface area contributed by atoms with E-state index in [9.17, 15) is 14.4 Å². The van der Waals surface area contributed by atoms with Crippen molar-refractivity contribution >= 4 is 57.6 Å². The summed E-state index contributed by atoms with van der Waals surface area (Å²) in [5.41, 5.74) is 2.56. The first-order valence-corrected chi connectivity index (χ1v) is 15.8. The molecule has 1 aliphatic rings. The normalized spacial score (nSPS) is 14.3. The van der Waals surface area contributed by atoms with E-state index in [1.54, 1.807) is 49.8 Å². The zero-order chi connectivity index (χ0) is 32.1. The smallest absolute Gasteiger partial charge is 0.344 e. The second-order valence-electron chi connectivity index (χ2n) is 9.81. The summed E-state index contributed by atoms with van der Waals surface area (Å²) in [6, 6.07) is 19.2. The molecule has 5 rings (SSSR count). The molecule has 1 aliphatic heterocycles. The molecule has 0 aliphatic carbocycles. The van der Waals surface area contributed by atoms with E-state index >= 15 is 0 Å². The SMILES string of the molecule is CCOC(=O)COc1c(I)cc(/C=c2\sc3n(c2=O)[C@H](c2cccc(OC)c2)C(C(=O)Nc2ccccc2)=C(C)N=3)cc1OC. The number of anilines is 1. The summed E-state index contributed by atoms with van der Waals surface area (Å²) in [4.78, 5) is 44.9. The molecule has 0 unspecified atom stereocenters. The first-order valence-electron chi connectivity index (χ1n) is 13.9. The zero-order valence-electron chi connectivity index (χ0n) is 25.0. The van der Waals surface area contributed by atoms with Crippen molar-refractivity contribution in [1.29, 1.82) is 0 Å². The van der Waals surface area contributed by atoms with Gasteiger partial charge < -0.3 is 24.3 Å². The number of carbonyl (C=O) groups is 2. The van der Waals surface area contributed by atoms with Crippen LogP contribution in [0.2, 0.25) is 0 Å². The minimum Gasteiger partial charge on any atom is -0.497 e. The summed E-state index contributed by atoms with van der Waals surface area (Å²) in [6.45, 7) is 3.49. The Hall–Kier alpha value is -4.43. The summed E-state index contributed by atoms with van der Waals surface area (Å²) < 4.78 is 24.3. The number of hydrogen-bond acceptors (Lipinski definition) is 9. The maximum Gasteiger partial charge on any atom is 0.344 e. The van der Waals surface area contributed by atoms with Crippen LogP contribution in [0.3, 0.4) is 0 Å². The van der Waals surface area contributed by atoms with E-state index in [2.05, 4.69) is 27.9 Å². The van der Waals surface area contributed by atoms with Gasteiger partial charge in [0.25, 0.3) is 11.5 Å². The Morgan fingerprint density at radius 3 is 2.56 bits per heavy atom. The molecule has 0 saturated carbocycles. The number of thiazole rings is 1. The van der Waals surface area contributed by atoms with Crippen LogP contribution in [0.15, 0.2) is 87.8 Å². The molecule has 4 aromatic rings. The number of carbonyl (C=O) groups excluding carboxylic acids is 2. The van der Waals surface area contributed by atoms with Crippen LogP contribution in [0.4, 0.5) is 5.69 Å². The van der Waals surface area contributed by atoms with Gasteiger partial charge in [-0.3, -0.25) is 14.2 Å². The van der Waals surface area contributed by atoms with E-state index < -0.39 is 12.0 Å². The maximum absolute atomic E-state index is 14.1.